The van der Waals surface area contributed by atoms with Crippen LogP contribution in [0.2, 0.25) is 0 Å². The number of nitrogens with zero attached hydrogens (tertiary/aromatic N) is 6. The first kappa shape index (κ1) is 13.0. The number of rotatable bonds is 3. The second-order valence-electron chi connectivity index (χ2n) is 6.32. The molecule has 2 aromatic heterocycles. The quantitative estimate of drug-likeness (QED) is 0.859. The summed E-state index contributed by atoms with van der Waals surface area (Å²) in [5.74, 6) is 2.32. The standard InChI is InChI=1S/C15H22N6/c1-12-8-16-21(9-12)13-5-7-19(10-13)11-15-18-17-14-4-2-3-6-20(14)15/h8-9,13H,2-7,10-11H2,1H3. The number of hydrogen-bond donors (Lipinski definition) is 0. The van der Waals surface area contributed by atoms with Crippen LogP contribution in [0.3, 0.4) is 0 Å². The van der Waals surface area contributed by atoms with Crippen molar-refractivity contribution in [2.75, 3.05) is 13.1 Å². The van der Waals surface area contributed by atoms with E-state index in [9.17, 15) is 0 Å². The van der Waals surface area contributed by atoms with E-state index in [1.807, 2.05) is 6.20 Å². The molecule has 0 aliphatic carbocycles. The van der Waals surface area contributed by atoms with Crippen molar-refractivity contribution in [2.24, 2.45) is 0 Å². The third-order valence-corrected chi connectivity index (χ3v) is 4.65. The molecule has 2 aliphatic heterocycles. The van der Waals surface area contributed by atoms with Gasteiger partial charge in [0.15, 0.2) is 0 Å². The Morgan fingerprint density at radius 1 is 1.24 bits per heavy atom. The van der Waals surface area contributed by atoms with Crippen LogP contribution in [0.25, 0.3) is 0 Å². The predicted octanol–water partition coefficient (Wildman–Crippen LogP) is 1.57. The maximum absolute atomic E-state index is 4.46. The minimum atomic E-state index is 0.502. The SMILES string of the molecule is Cc1cnn(C2CCN(Cc3nnc4n3CCCC4)C2)c1. The molecule has 2 aromatic rings. The Hall–Kier alpha value is -1.69. The fourth-order valence-electron chi connectivity index (χ4n) is 3.49. The molecule has 6 nitrogen and oxygen atoms in total. The molecule has 4 heterocycles. The summed E-state index contributed by atoms with van der Waals surface area (Å²) in [5.41, 5.74) is 1.24. The largest absolute Gasteiger partial charge is 0.314 e. The summed E-state index contributed by atoms with van der Waals surface area (Å²) in [7, 11) is 0. The van der Waals surface area contributed by atoms with Crippen molar-refractivity contribution in [3.05, 3.63) is 29.6 Å². The lowest BCUT2D eigenvalue weighted by Gasteiger charge is -2.19. The number of hydrogen-bond acceptors (Lipinski definition) is 4. The van der Waals surface area contributed by atoms with Crippen LogP contribution in [0.4, 0.5) is 0 Å². The molecule has 6 heteroatoms. The van der Waals surface area contributed by atoms with Gasteiger partial charge < -0.3 is 4.57 Å². The molecule has 1 unspecified atom stereocenters. The Morgan fingerprint density at radius 3 is 3.05 bits per heavy atom. The van der Waals surface area contributed by atoms with E-state index in [-0.39, 0.29) is 0 Å². The van der Waals surface area contributed by atoms with Crippen LogP contribution < -0.4 is 0 Å². The number of fused-ring (bicyclic) bond motifs is 1. The topological polar surface area (TPSA) is 51.8 Å². The van der Waals surface area contributed by atoms with Gasteiger partial charge in [0.2, 0.25) is 0 Å². The highest BCUT2D eigenvalue weighted by Crippen LogP contribution is 2.23. The Bertz CT molecular complexity index is 628. The van der Waals surface area contributed by atoms with E-state index >= 15 is 0 Å². The summed E-state index contributed by atoms with van der Waals surface area (Å²) < 4.78 is 4.45. The van der Waals surface area contributed by atoms with Crippen LogP contribution in [-0.4, -0.2) is 42.5 Å². The summed E-state index contributed by atoms with van der Waals surface area (Å²) in [5, 5.41) is 13.2. The molecule has 0 aromatic carbocycles. The summed E-state index contributed by atoms with van der Waals surface area (Å²) in [6, 6.07) is 0.502. The van der Waals surface area contributed by atoms with Crippen molar-refractivity contribution < 1.29 is 0 Å². The summed E-state index contributed by atoms with van der Waals surface area (Å²) in [6.45, 7) is 6.28. The molecule has 112 valence electrons. The van der Waals surface area contributed by atoms with Gasteiger partial charge in [-0.3, -0.25) is 9.58 Å². The van der Waals surface area contributed by atoms with E-state index < -0.39 is 0 Å². The van der Waals surface area contributed by atoms with E-state index in [4.69, 9.17) is 0 Å². The van der Waals surface area contributed by atoms with E-state index in [1.165, 1.54) is 30.7 Å². The van der Waals surface area contributed by atoms with Gasteiger partial charge in [0, 0.05) is 32.3 Å². The molecule has 1 fully saturated rings. The average molecular weight is 286 g/mol. The second kappa shape index (κ2) is 5.26. The van der Waals surface area contributed by atoms with Crippen molar-refractivity contribution >= 4 is 0 Å². The van der Waals surface area contributed by atoms with E-state index in [1.54, 1.807) is 0 Å². The third kappa shape index (κ3) is 2.48. The highest BCUT2D eigenvalue weighted by molar-refractivity contribution is 5.02. The minimum absolute atomic E-state index is 0.502. The van der Waals surface area contributed by atoms with Crippen LogP contribution in [0.5, 0.6) is 0 Å². The van der Waals surface area contributed by atoms with Gasteiger partial charge in [-0.05, 0) is 31.7 Å². The summed E-state index contributed by atoms with van der Waals surface area (Å²) >= 11 is 0. The fourth-order valence-corrected chi connectivity index (χ4v) is 3.49. The Balaban J connectivity index is 1.43. The molecule has 1 atom stereocenters. The molecule has 0 radical (unpaired) electrons. The van der Waals surface area contributed by atoms with Crippen molar-refractivity contribution in [1.82, 2.24) is 29.4 Å². The lowest BCUT2D eigenvalue weighted by atomic mass is 10.2. The lowest BCUT2D eigenvalue weighted by molar-refractivity contribution is 0.296. The smallest absolute Gasteiger partial charge is 0.147 e. The Labute approximate surface area is 124 Å². The van der Waals surface area contributed by atoms with Crippen LogP contribution >= 0.6 is 0 Å². The van der Waals surface area contributed by atoms with Gasteiger partial charge in [0.05, 0.1) is 18.8 Å². The van der Waals surface area contributed by atoms with Crippen molar-refractivity contribution in [1.29, 1.82) is 0 Å². The van der Waals surface area contributed by atoms with Gasteiger partial charge in [-0.15, -0.1) is 10.2 Å². The highest BCUT2D eigenvalue weighted by atomic mass is 15.3. The van der Waals surface area contributed by atoms with Gasteiger partial charge >= 0.3 is 0 Å². The molecule has 0 amide bonds. The zero-order valence-electron chi connectivity index (χ0n) is 12.6. The zero-order valence-corrected chi connectivity index (χ0v) is 12.6. The molecule has 1 saturated heterocycles. The third-order valence-electron chi connectivity index (χ3n) is 4.65. The maximum atomic E-state index is 4.46. The number of aryl methyl sites for hydroxylation is 2. The molecule has 0 N–H and O–H groups in total. The molecule has 0 spiro atoms. The molecular formula is C15H22N6. The first-order valence-electron chi connectivity index (χ1n) is 7.93. The first-order valence-corrected chi connectivity index (χ1v) is 7.93. The molecule has 2 aliphatic rings. The molecule has 0 saturated carbocycles. The summed E-state index contributed by atoms with van der Waals surface area (Å²) in [4.78, 5) is 2.48. The normalized spacial score (nSPS) is 22.6. The maximum Gasteiger partial charge on any atom is 0.147 e. The van der Waals surface area contributed by atoms with Crippen molar-refractivity contribution in [3.63, 3.8) is 0 Å². The summed E-state index contributed by atoms with van der Waals surface area (Å²) in [6.07, 6.45) is 8.85. The second-order valence-corrected chi connectivity index (χ2v) is 6.32. The first-order chi connectivity index (χ1) is 10.3. The number of likely N-dealkylation sites (tertiary alicyclic amines) is 1. The van der Waals surface area contributed by atoms with Crippen molar-refractivity contribution in [2.45, 2.75) is 51.7 Å². The van der Waals surface area contributed by atoms with E-state index in [2.05, 4.69) is 42.6 Å². The van der Waals surface area contributed by atoms with Gasteiger partial charge in [0.1, 0.15) is 11.6 Å². The molecule has 4 rings (SSSR count). The van der Waals surface area contributed by atoms with Crippen LogP contribution in [0, 0.1) is 6.92 Å². The lowest BCUT2D eigenvalue weighted by Crippen LogP contribution is -2.24. The van der Waals surface area contributed by atoms with Gasteiger partial charge in [-0.2, -0.15) is 5.10 Å². The molecule has 0 bridgehead atoms. The van der Waals surface area contributed by atoms with Gasteiger partial charge in [0.25, 0.3) is 0 Å². The Kier molecular flexibility index (Phi) is 3.25. The Morgan fingerprint density at radius 2 is 2.19 bits per heavy atom. The van der Waals surface area contributed by atoms with Crippen molar-refractivity contribution in [3.8, 4) is 0 Å². The monoisotopic (exact) mass is 286 g/mol. The minimum Gasteiger partial charge on any atom is -0.314 e. The number of aromatic nitrogens is 5. The molecule has 21 heavy (non-hydrogen) atoms. The van der Waals surface area contributed by atoms with E-state index in [0.29, 0.717) is 6.04 Å². The highest BCUT2D eigenvalue weighted by Gasteiger charge is 2.26. The van der Waals surface area contributed by atoms with E-state index in [0.717, 1.165) is 38.4 Å². The zero-order chi connectivity index (χ0) is 14.2. The fraction of sp³-hybridized carbons (Fsp3) is 0.667. The molecular weight excluding hydrogens is 264 g/mol. The van der Waals surface area contributed by atoms with Gasteiger partial charge in [-0.25, -0.2) is 0 Å². The van der Waals surface area contributed by atoms with Crippen LogP contribution in [0.1, 0.15) is 42.5 Å². The van der Waals surface area contributed by atoms with Gasteiger partial charge in [-0.1, -0.05) is 0 Å². The van der Waals surface area contributed by atoms with Crippen LogP contribution in [0.15, 0.2) is 12.4 Å². The predicted molar refractivity (Wildman–Crippen MR) is 78.9 cm³/mol. The average Bonchev–Trinajstić information content (AvgIpc) is 3.20. The van der Waals surface area contributed by atoms with Crippen LogP contribution in [-0.2, 0) is 19.5 Å².